The van der Waals surface area contributed by atoms with Gasteiger partial charge in [0.2, 0.25) is 0 Å². The third-order valence-electron chi connectivity index (χ3n) is 4.31. The minimum atomic E-state index is 0.741. The van der Waals surface area contributed by atoms with Gasteiger partial charge in [0, 0.05) is 19.3 Å². The smallest absolute Gasteiger partial charge is 0.0393 e. The van der Waals surface area contributed by atoms with Gasteiger partial charge >= 0.3 is 0 Å². The first-order valence-corrected chi connectivity index (χ1v) is 7.94. The molecule has 0 amide bonds. The van der Waals surface area contributed by atoms with E-state index in [9.17, 15) is 0 Å². The fourth-order valence-electron chi connectivity index (χ4n) is 2.97. The molecule has 1 aromatic carbocycles. The molecule has 0 aliphatic heterocycles. The summed E-state index contributed by atoms with van der Waals surface area (Å²) >= 11 is 0. The fraction of sp³-hybridized carbons (Fsp3) is 0.667. The molecule has 0 aliphatic rings. The van der Waals surface area contributed by atoms with Crippen LogP contribution in [0.25, 0.3) is 0 Å². The van der Waals surface area contributed by atoms with Crippen LogP contribution in [-0.4, -0.2) is 20.1 Å². The van der Waals surface area contributed by atoms with Crippen molar-refractivity contribution in [1.82, 2.24) is 0 Å². The number of nitrogens with two attached hydrogens (primary N) is 1. The van der Waals surface area contributed by atoms with E-state index < -0.39 is 0 Å². The zero-order valence-electron chi connectivity index (χ0n) is 13.9. The van der Waals surface area contributed by atoms with Crippen molar-refractivity contribution < 1.29 is 0 Å². The maximum absolute atomic E-state index is 5.71. The third-order valence-corrected chi connectivity index (χ3v) is 4.31. The van der Waals surface area contributed by atoms with Gasteiger partial charge in [-0.1, -0.05) is 31.5 Å². The molecular formula is C18H32N2. The minimum absolute atomic E-state index is 0.741. The van der Waals surface area contributed by atoms with Crippen molar-refractivity contribution in [2.75, 3.05) is 25.0 Å². The van der Waals surface area contributed by atoms with Gasteiger partial charge < -0.3 is 10.6 Å². The van der Waals surface area contributed by atoms with Gasteiger partial charge in [0.15, 0.2) is 0 Å². The Labute approximate surface area is 125 Å². The Bertz CT molecular complexity index is 398. The van der Waals surface area contributed by atoms with Crippen LogP contribution in [0.1, 0.15) is 44.2 Å². The van der Waals surface area contributed by atoms with Gasteiger partial charge in [0.1, 0.15) is 0 Å². The van der Waals surface area contributed by atoms with E-state index in [4.69, 9.17) is 5.73 Å². The van der Waals surface area contributed by atoms with Crippen LogP contribution in [0, 0.1) is 25.7 Å². The van der Waals surface area contributed by atoms with Crippen LogP contribution in [0.3, 0.4) is 0 Å². The summed E-state index contributed by atoms with van der Waals surface area (Å²) in [5, 5.41) is 0. The molecule has 0 aromatic heterocycles. The highest BCUT2D eigenvalue weighted by atomic mass is 15.1. The van der Waals surface area contributed by atoms with Crippen molar-refractivity contribution in [3.63, 3.8) is 0 Å². The maximum atomic E-state index is 5.71. The zero-order chi connectivity index (χ0) is 15.1. The van der Waals surface area contributed by atoms with Gasteiger partial charge in [0.25, 0.3) is 0 Å². The average Bonchev–Trinajstić information content (AvgIpc) is 2.37. The molecule has 1 rings (SSSR count). The van der Waals surface area contributed by atoms with E-state index in [1.165, 1.54) is 29.7 Å². The Kier molecular flexibility index (Phi) is 7.08. The monoisotopic (exact) mass is 276 g/mol. The molecular weight excluding hydrogens is 244 g/mol. The van der Waals surface area contributed by atoms with Crippen molar-refractivity contribution in [3.05, 3.63) is 29.3 Å². The first-order valence-electron chi connectivity index (χ1n) is 7.94. The highest BCUT2D eigenvalue weighted by Crippen LogP contribution is 2.23. The van der Waals surface area contributed by atoms with Crippen molar-refractivity contribution in [2.24, 2.45) is 17.6 Å². The highest BCUT2D eigenvalue weighted by molar-refractivity contribution is 5.53. The number of aryl methyl sites for hydroxylation is 2. The lowest BCUT2D eigenvalue weighted by molar-refractivity contribution is 0.334. The molecule has 2 N–H and O–H groups in total. The Morgan fingerprint density at radius 2 is 1.85 bits per heavy atom. The molecule has 0 bridgehead atoms. The first-order chi connectivity index (χ1) is 9.45. The fourth-order valence-corrected chi connectivity index (χ4v) is 2.97. The van der Waals surface area contributed by atoms with Gasteiger partial charge in [0.05, 0.1) is 0 Å². The number of rotatable bonds is 8. The van der Waals surface area contributed by atoms with E-state index in [0.717, 1.165) is 31.3 Å². The van der Waals surface area contributed by atoms with Crippen LogP contribution in [0.5, 0.6) is 0 Å². The Hall–Kier alpha value is -1.02. The van der Waals surface area contributed by atoms with E-state index in [1.807, 2.05) is 0 Å². The number of hydrogen-bond acceptors (Lipinski definition) is 2. The van der Waals surface area contributed by atoms with Crippen molar-refractivity contribution in [2.45, 2.75) is 47.0 Å². The molecule has 0 saturated heterocycles. The first kappa shape index (κ1) is 17.0. The van der Waals surface area contributed by atoms with Crippen LogP contribution in [-0.2, 0) is 0 Å². The van der Waals surface area contributed by atoms with Gasteiger partial charge in [-0.05, 0) is 63.1 Å². The van der Waals surface area contributed by atoms with Gasteiger partial charge in [-0.15, -0.1) is 0 Å². The molecule has 1 atom stereocenters. The quantitative estimate of drug-likeness (QED) is 0.773. The summed E-state index contributed by atoms with van der Waals surface area (Å²) < 4.78 is 0. The van der Waals surface area contributed by atoms with Crippen LogP contribution in [0.2, 0.25) is 0 Å². The van der Waals surface area contributed by atoms with Crippen molar-refractivity contribution in [1.29, 1.82) is 0 Å². The SMILES string of the molecule is Cc1ccc(N(C)CCCC(CCN)C(C)C)c(C)c1. The van der Waals surface area contributed by atoms with E-state index in [-0.39, 0.29) is 0 Å². The van der Waals surface area contributed by atoms with Crippen molar-refractivity contribution >= 4 is 5.69 Å². The second kappa shape index (κ2) is 8.31. The normalized spacial score (nSPS) is 12.8. The minimum Gasteiger partial charge on any atom is -0.374 e. The molecule has 20 heavy (non-hydrogen) atoms. The molecule has 0 saturated carbocycles. The van der Waals surface area contributed by atoms with E-state index in [1.54, 1.807) is 0 Å². The second-order valence-electron chi connectivity index (χ2n) is 6.44. The summed E-state index contributed by atoms with van der Waals surface area (Å²) in [6.45, 7) is 10.9. The zero-order valence-corrected chi connectivity index (χ0v) is 13.9. The molecule has 0 aliphatic carbocycles. The lowest BCUT2D eigenvalue weighted by atomic mass is 9.88. The van der Waals surface area contributed by atoms with E-state index >= 15 is 0 Å². The second-order valence-corrected chi connectivity index (χ2v) is 6.44. The summed E-state index contributed by atoms with van der Waals surface area (Å²) in [5.41, 5.74) is 9.78. The number of anilines is 1. The van der Waals surface area contributed by atoms with Crippen LogP contribution < -0.4 is 10.6 Å². The molecule has 1 aromatic rings. The summed E-state index contributed by atoms with van der Waals surface area (Å²) in [5.74, 6) is 1.51. The Balaban J connectivity index is 2.48. The predicted octanol–water partition coefficient (Wildman–Crippen LogP) is 4.14. The molecule has 1 unspecified atom stereocenters. The molecule has 2 heteroatoms. The number of benzene rings is 1. The summed E-state index contributed by atoms with van der Waals surface area (Å²) in [6.07, 6.45) is 3.68. The maximum Gasteiger partial charge on any atom is 0.0393 e. The van der Waals surface area contributed by atoms with Crippen molar-refractivity contribution in [3.8, 4) is 0 Å². The summed E-state index contributed by atoms with van der Waals surface area (Å²) in [7, 11) is 2.20. The van der Waals surface area contributed by atoms with Crippen LogP contribution >= 0.6 is 0 Å². The Morgan fingerprint density at radius 1 is 1.15 bits per heavy atom. The lowest BCUT2D eigenvalue weighted by Crippen LogP contribution is -2.21. The van der Waals surface area contributed by atoms with E-state index in [0.29, 0.717) is 0 Å². The lowest BCUT2D eigenvalue weighted by Gasteiger charge is -2.24. The highest BCUT2D eigenvalue weighted by Gasteiger charge is 2.13. The molecule has 0 spiro atoms. The van der Waals surface area contributed by atoms with Gasteiger partial charge in [-0.3, -0.25) is 0 Å². The average molecular weight is 276 g/mol. The largest absolute Gasteiger partial charge is 0.374 e. The molecule has 2 nitrogen and oxygen atoms in total. The molecule has 0 heterocycles. The number of nitrogens with zero attached hydrogens (tertiary/aromatic N) is 1. The third kappa shape index (κ3) is 5.16. The summed E-state index contributed by atoms with van der Waals surface area (Å²) in [4.78, 5) is 2.38. The Morgan fingerprint density at radius 3 is 2.40 bits per heavy atom. The van der Waals surface area contributed by atoms with Gasteiger partial charge in [-0.2, -0.15) is 0 Å². The standard InChI is InChI=1S/C18H32N2/c1-14(2)17(10-11-19)7-6-12-20(5)18-9-8-15(3)13-16(18)4/h8-9,13-14,17H,6-7,10-12,19H2,1-5H3. The molecule has 0 radical (unpaired) electrons. The molecule has 114 valence electrons. The number of hydrogen-bond donors (Lipinski definition) is 1. The van der Waals surface area contributed by atoms with E-state index in [2.05, 4.69) is 57.8 Å². The predicted molar refractivity (Wildman–Crippen MR) is 90.4 cm³/mol. The molecule has 0 fully saturated rings. The van der Waals surface area contributed by atoms with Crippen LogP contribution in [0.15, 0.2) is 18.2 Å². The van der Waals surface area contributed by atoms with Gasteiger partial charge in [-0.25, -0.2) is 0 Å². The summed E-state index contributed by atoms with van der Waals surface area (Å²) in [6, 6.07) is 6.70. The topological polar surface area (TPSA) is 29.3 Å². The van der Waals surface area contributed by atoms with Crippen LogP contribution in [0.4, 0.5) is 5.69 Å².